The van der Waals surface area contributed by atoms with Gasteiger partial charge in [0.15, 0.2) is 5.96 Å². The van der Waals surface area contributed by atoms with Gasteiger partial charge in [0.25, 0.3) is 0 Å². The minimum atomic E-state index is 0.241. The molecule has 0 spiro atoms. The fourth-order valence-electron chi connectivity index (χ4n) is 2.10. The number of hydrogen-bond acceptors (Lipinski definition) is 3. The molecule has 0 unspecified atom stereocenters. The number of rotatable bonds is 6. The van der Waals surface area contributed by atoms with Crippen LogP contribution in [0.1, 0.15) is 33.1 Å². The number of likely N-dealkylation sites (tertiary alicyclic amines) is 1. The van der Waals surface area contributed by atoms with E-state index in [1.54, 1.807) is 0 Å². The third kappa shape index (κ3) is 7.06. The van der Waals surface area contributed by atoms with Crippen LogP contribution in [0.3, 0.4) is 0 Å². The predicted octanol–water partition coefficient (Wildman–Crippen LogP) is 1.78. The van der Waals surface area contributed by atoms with Gasteiger partial charge in [0.05, 0.1) is 0 Å². The van der Waals surface area contributed by atoms with Crippen LogP contribution >= 0.6 is 11.8 Å². The minimum absolute atomic E-state index is 0.241. The summed E-state index contributed by atoms with van der Waals surface area (Å²) in [7, 11) is 1.84. The van der Waals surface area contributed by atoms with Gasteiger partial charge < -0.3 is 15.5 Å². The first kappa shape index (κ1) is 16.6. The van der Waals surface area contributed by atoms with Gasteiger partial charge in [-0.3, -0.25) is 4.99 Å². The smallest absolute Gasteiger partial charge is 0.191 e. The maximum absolute atomic E-state index is 4.27. The topological polar surface area (TPSA) is 39.7 Å². The van der Waals surface area contributed by atoms with Crippen LogP contribution < -0.4 is 10.6 Å². The quantitative estimate of drug-likeness (QED) is 0.577. The van der Waals surface area contributed by atoms with Crippen molar-refractivity contribution in [3.63, 3.8) is 0 Å². The highest BCUT2D eigenvalue weighted by Crippen LogP contribution is 2.19. The predicted molar refractivity (Wildman–Crippen MR) is 87.2 cm³/mol. The van der Waals surface area contributed by atoms with E-state index < -0.39 is 0 Å². The third-order valence-corrected chi connectivity index (χ3v) is 4.88. The number of nitrogens with one attached hydrogen (secondary N) is 2. The van der Waals surface area contributed by atoms with Crippen LogP contribution in [-0.2, 0) is 0 Å². The number of aliphatic imine (C=N–C) groups is 1. The van der Waals surface area contributed by atoms with E-state index in [9.17, 15) is 0 Å². The largest absolute Gasteiger partial charge is 0.355 e. The van der Waals surface area contributed by atoms with E-state index in [4.69, 9.17) is 0 Å². The molecule has 1 aliphatic rings. The highest BCUT2D eigenvalue weighted by molar-refractivity contribution is 7.99. The second kappa shape index (κ2) is 8.69. The Balaban J connectivity index is 2.18. The van der Waals surface area contributed by atoms with Crippen LogP contribution in [0.5, 0.6) is 0 Å². The normalized spacial score (nSPS) is 18.4. The Labute approximate surface area is 122 Å². The summed E-state index contributed by atoms with van der Waals surface area (Å²) in [6.45, 7) is 10.0. The van der Waals surface area contributed by atoms with E-state index in [1.165, 1.54) is 32.4 Å². The van der Waals surface area contributed by atoms with E-state index in [1.807, 2.05) is 18.8 Å². The lowest BCUT2D eigenvalue weighted by molar-refractivity contribution is 0.232. The van der Waals surface area contributed by atoms with E-state index in [2.05, 4.69) is 40.6 Å². The summed E-state index contributed by atoms with van der Waals surface area (Å²) < 4.78 is 0.241. The lowest BCUT2D eigenvalue weighted by atomic mass is 10.1. The van der Waals surface area contributed by atoms with Gasteiger partial charge in [-0.1, -0.05) is 6.42 Å². The van der Waals surface area contributed by atoms with Gasteiger partial charge in [-0.15, -0.1) is 0 Å². The van der Waals surface area contributed by atoms with E-state index in [-0.39, 0.29) is 4.75 Å². The van der Waals surface area contributed by atoms with Gasteiger partial charge in [-0.05, 0) is 46.0 Å². The van der Waals surface area contributed by atoms with Gasteiger partial charge in [-0.25, -0.2) is 0 Å². The second-order valence-corrected chi connectivity index (χ2v) is 7.23. The average Bonchev–Trinajstić information content (AvgIpc) is 2.43. The number of nitrogens with zero attached hydrogens (tertiary/aromatic N) is 2. The zero-order chi connectivity index (χ0) is 14.1. The van der Waals surface area contributed by atoms with Gasteiger partial charge in [0.1, 0.15) is 0 Å². The Morgan fingerprint density at radius 3 is 2.47 bits per heavy atom. The molecule has 0 aromatic rings. The summed E-state index contributed by atoms with van der Waals surface area (Å²) in [5, 5.41) is 6.80. The summed E-state index contributed by atoms with van der Waals surface area (Å²) in [4.78, 5) is 6.81. The molecule has 1 saturated heterocycles. The first-order valence-corrected chi connectivity index (χ1v) is 8.52. The maximum Gasteiger partial charge on any atom is 0.191 e. The Bertz CT molecular complexity index is 273. The molecule has 0 radical (unpaired) electrons. The van der Waals surface area contributed by atoms with Gasteiger partial charge in [0, 0.05) is 31.4 Å². The van der Waals surface area contributed by atoms with E-state index >= 15 is 0 Å². The molecule has 0 amide bonds. The molecule has 2 N–H and O–H groups in total. The van der Waals surface area contributed by atoms with Crippen molar-refractivity contribution in [1.29, 1.82) is 0 Å². The fraction of sp³-hybridized carbons (Fsp3) is 0.929. The highest BCUT2D eigenvalue weighted by atomic mass is 32.2. The van der Waals surface area contributed by atoms with Crippen LogP contribution in [0.15, 0.2) is 4.99 Å². The first-order chi connectivity index (χ1) is 9.07. The van der Waals surface area contributed by atoms with Crippen molar-refractivity contribution < 1.29 is 0 Å². The van der Waals surface area contributed by atoms with Crippen molar-refractivity contribution in [3.05, 3.63) is 0 Å². The standard InChI is InChI=1S/C14H30N4S/c1-14(2,19-4)12-17-13(15-3)16-8-11-18-9-6-5-7-10-18/h5-12H2,1-4H3,(H2,15,16,17). The third-order valence-electron chi connectivity index (χ3n) is 3.63. The van der Waals surface area contributed by atoms with Crippen molar-refractivity contribution >= 4 is 17.7 Å². The number of piperidine rings is 1. The summed E-state index contributed by atoms with van der Waals surface area (Å²) in [6, 6.07) is 0. The monoisotopic (exact) mass is 286 g/mol. The molecule has 0 aromatic heterocycles. The Morgan fingerprint density at radius 1 is 1.21 bits per heavy atom. The molecule has 5 heteroatoms. The van der Waals surface area contributed by atoms with Gasteiger partial charge >= 0.3 is 0 Å². The molecule has 0 saturated carbocycles. The summed E-state index contributed by atoms with van der Waals surface area (Å²) in [5.74, 6) is 0.916. The molecule has 1 aliphatic heterocycles. The summed E-state index contributed by atoms with van der Waals surface area (Å²) >= 11 is 1.87. The number of guanidine groups is 1. The molecule has 1 rings (SSSR count). The molecule has 19 heavy (non-hydrogen) atoms. The van der Waals surface area contributed by atoms with Crippen LogP contribution in [0.25, 0.3) is 0 Å². The van der Waals surface area contributed by atoms with Crippen LogP contribution in [0.2, 0.25) is 0 Å². The van der Waals surface area contributed by atoms with Crippen molar-refractivity contribution in [2.45, 2.75) is 37.9 Å². The molecule has 112 valence electrons. The van der Waals surface area contributed by atoms with E-state index in [0.717, 1.165) is 25.6 Å². The summed E-state index contributed by atoms with van der Waals surface area (Å²) in [5.41, 5.74) is 0. The minimum Gasteiger partial charge on any atom is -0.355 e. The van der Waals surface area contributed by atoms with Crippen molar-refractivity contribution in [2.24, 2.45) is 4.99 Å². The van der Waals surface area contributed by atoms with Crippen molar-refractivity contribution in [1.82, 2.24) is 15.5 Å². The number of thioether (sulfide) groups is 1. The molecular formula is C14H30N4S. The zero-order valence-electron chi connectivity index (χ0n) is 13.0. The lowest BCUT2D eigenvalue weighted by Gasteiger charge is -2.27. The van der Waals surface area contributed by atoms with Crippen molar-refractivity contribution in [2.75, 3.05) is 46.0 Å². The second-order valence-electron chi connectivity index (χ2n) is 5.72. The Hall–Kier alpha value is -0.420. The first-order valence-electron chi connectivity index (χ1n) is 7.29. The number of hydrogen-bond donors (Lipinski definition) is 2. The van der Waals surface area contributed by atoms with Crippen LogP contribution in [-0.4, -0.2) is 61.6 Å². The van der Waals surface area contributed by atoms with Crippen LogP contribution in [0, 0.1) is 0 Å². The zero-order valence-corrected chi connectivity index (χ0v) is 13.8. The molecule has 0 aromatic carbocycles. The highest BCUT2D eigenvalue weighted by Gasteiger charge is 2.16. The van der Waals surface area contributed by atoms with Crippen LogP contribution in [0.4, 0.5) is 0 Å². The molecular weight excluding hydrogens is 256 g/mol. The maximum atomic E-state index is 4.27. The SMILES string of the molecule is CN=C(NCCN1CCCCC1)NCC(C)(C)SC. The molecule has 1 fully saturated rings. The molecule has 0 aliphatic carbocycles. The molecule has 4 nitrogen and oxygen atoms in total. The van der Waals surface area contributed by atoms with Gasteiger partial charge in [0.2, 0.25) is 0 Å². The fourth-order valence-corrected chi connectivity index (χ4v) is 2.32. The average molecular weight is 286 g/mol. The molecule has 0 bridgehead atoms. The van der Waals surface area contributed by atoms with Gasteiger partial charge in [-0.2, -0.15) is 11.8 Å². The molecule has 1 heterocycles. The lowest BCUT2D eigenvalue weighted by Crippen LogP contribution is -2.45. The van der Waals surface area contributed by atoms with Crippen molar-refractivity contribution in [3.8, 4) is 0 Å². The van der Waals surface area contributed by atoms with E-state index in [0.29, 0.717) is 0 Å². The Morgan fingerprint density at radius 2 is 1.89 bits per heavy atom. The molecule has 0 atom stereocenters. The Kier molecular flexibility index (Phi) is 7.61. The summed E-state index contributed by atoms with van der Waals surface area (Å²) in [6.07, 6.45) is 6.26.